The molecule has 3 rings (SSSR count). The minimum absolute atomic E-state index is 0.310. The first-order chi connectivity index (χ1) is 18.5. The number of hydrogen-bond acceptors (Lipinski definition) is 6. The van der Waals surface area contributed by atoms with Crippen LogP contribution in [0.1, 0.15) is 79.6 Å². The quantitative estimate of drug-likeness (QED) is 0.340. The smallest absolute Gasteiger partial charge is 0.408 e. The number of anilines is 1. The monoisotopic (exact) mass is 542 g/mol. The van der Waals surface area contributed by atoms with Crippen molar-refractivity contribution in [1.29, 1.82) is 0 Å². The van der Waals surface area contributed by atoms with Crippen LogP contribution in [0.3, 0.4) is 0 Å². The van der Waals surface area contributed by atoms with Gasteiger partial charge in [-0.05, 0) is 57.6 Å². The van der Waals surface area contributed by atoms with E-state index in [4.69, 9.17) is 19.3 Å². The number of nitrogens with zero attached hydrogens (tertiary/aromatic N) is 2. The normalized spacial score (nSPS) is 15.1. The summed E-state index contributed by atoms with van der Waals surface area (Å²) < 4.78 is 18.6. The molecular formula is C30H46N4O5. The van der Waals surface area contributed by atoms with Crippen LogP contribution < -0.4 is 20.1 Å². The van der Waals surface area contributed by atoms with E-state index in [1.807, 2.05) is 28.9 Å². The maximum Gasteiger partial charge on any atom is 0.408 e. The SMILES string of the molecule is COc1cccc(OC)c1-c1cc(NC(=O)[C@@H](CCC2CCCCC2)NC(=O)OC(C)(C)C)nn1CC(C)C. The fourth-order valence-corrected chi connectivity index (χ4v) is 5.08. The largest absolute Gasteiger partial charge is 0.496 e. The summed E-state index contributed by atoms with van der Waals surface area (Å²) in [7, 11) is 3.23. The molecule has 1 saturated carbocycles. The topological polar surface area (TPSA) is 104 Å². The predicted molar refractivity (Wildman–Crippen MR) is 153 cm³/mol. The highest BCUT2D eigenvalue weighted by atomic mass is 16.6. The van der Waals surface area contributed by atoms with Gasteiger partial charge in [0.25, 0.3) is 0 Å². The second kappa shape index (κ2) is 13.7. The van der Waals surface area contributed by atoms with Crippen LogP contribution in [0.2, 0.25) is 0 Å². The van der Waals surface area contributed by atoms with Gasteiger partial charge < -0.3 is 24.8 Å². The Bertz CT molecular complexity index is 1080. The zero-order valence-corrected chi connectivity index (χ0v) is 24.6. The highest BCUT2D eigenvalue weighted by Gasteiger charge is 2.27. The Morgan fingerprint density at radius 1 is 1.08 bits per heavy atom. The van der Waals surface area contributed by atoms with Crippen molar-refractivity contribution < 1.29 is 23.8 Å². The Morgan fingerprint density at radius 3 is 2.28 bits per heavy atom. The van der Waals surface area contributed by atoms with E-state index >= 15 is 0 Å². The number of rotatable bonds is 11. The van der Waals surface area contributed by atoms with Crippen LogP contribution in [0, 0.1) is 11.8 Å². The van der Waals surface area contributed by atoms with Gasteiger partial charge in [-0.25, -0.2) is 4.79 Å². The van der Waals surface area contributed by atoms with Crippen molar-refractivity contribution >= 4 is 17.8 Å². The van der Waals surface area contributed by atoms with Gasteiger partial charge in [-0.15, -0.1) is 0 Å². The molecule has 2 amide bonds. The lowest BCUT2D eigenvalue weighted by Crippen LogP contribution is -2.46. The van der Waals surface area contributed by atoms with Gasteiger partial charge in [0.1, 0.15) is 23.1 Å². The van der Waals surface area contributed by atoms with Crippen molar-refractivity contribution in [2.24, 2.45) is 11.8 Å². The summed E-state index contributed by atoms with van der Waals surface area (Å²) in [6.45, 7) is 10.3. The molecule has 0 saturated heterocycles. The van der Waals surface area contributed by atoms with Crippen LogP contribution in [0.5, 0.6) is 11.5 Å². The summed E-state index contributed by atoms with van der Waals surface area (Å²) in [5, 5.41) is 10.5. The number of hydrogen-bond donors (Lipinski definition) is 2. The number of carbonyl (C=O) groups is 2. The van der Waals surface area contributed by atoms with E-state index in [9.17, 15) is 9.59 Å². The number of aromatic nitrogens is 2. The highest BCUT2D eigenvalue weighted by molar-refractivity contribution is 5.96. The minimum Gasteiger partial charge on any atom is -0.496 e. The molecule has 1 aromatic carbocycles. The molecule has 0 bridgehead atoms. The number of nitrogens with one attached hydrogen (secondary N) is 2. The average Bonchev–Trinajstić information content (AvgIpc) is 3.25. The molecule has 1 atom stereocenters. The maximum absolute atomic E-state index is 13.5. The number of benzene rings is 1. The molecule has 0 unspecified atom stereocenters. The summed E-state index contributed by atoms with van der Waals surface area (Å²) in [5.41, 5.74) is 0.872. The van der Waals surface area contributed by atoms with E-state index in [1.54, 1.807) is 35.0 Å². The van der Waals surface area contributed by atoms with Crippen LogP contribution >= 0.6 is 0 Å². The average molecular weight is 543 g/mol. The summed E-state index contributed by atoms with van der Waals surface area (Å²) in [6.07, 6.45) is 6.88. The lowest BCUT2D eigenvalue weighted by molar-refractivity contribution is -0.118. The number of ether oxygens (including phenoxy) is 3. The Kier molecular flexibility index (Phi) is 10.7. The Labute approximate surface area is 233 Å². The molecule has 0 aliphatic heterocycles. The summed E-state index contributed by atoms with van der Waals surface area (Å²) in [4.78, 5) is 26.2. The van der Waals surface area contributed by atoms with Crippen LogP contribution in [0.25, 0.3) is 11.3 Å². The first kappa shape index (κ1) is 30.3. The molecule has 9 heteroatoms. The second-order valence-corrected chi connectivity index (χ2v) is 11.8. The summed E-state index contributed by atoms with van der Waals surface area (Å²) in [6, 6.07) is 6.70. The van der Waals surface area contributed by atoms with Crippen LogP contribution in [0.4, 0.5) is 10.6 Å². The maximum atomic E-state index is 13.5. The fourth-order valence-electron chi connectivity index (χ4n) is 5.08. The van der Waals surface area contributed by atoms with Gasteiger partial charge in [-0.1, -0.05) is 52.0 Å². The van der Waals surface area contributed by atoms with Crippen LogP contribution in [-0.4, -0.2) is 47.6 Å². The molecular weight excluding hydrogens is 496 g/mol. The number of methoxy groups -OCH3 is 2. The third-order valence-electron chi connectivity index (χ3n) is 6.85. The van der Waals surface area contributed by atoms with Gasteiger partial charge in [-0.3, -0.25) is 9.48 Å². The van der Waals surface area contributed by atoms with Crippen molar-refractivity contribution in [3.05, 3.63) is 24.3 Å². The predicted octanol–water partition coefficient (Wildman–Crippen LogP) is 6.42. The third kappa shape index (κ3) is 8.90. The van der Waals surface area contributed by atoms with Gasteiger partial charge in [0.05, 0.1) is 25.5 Å². The van der Waals surface area contributed by atoms with Crippen LogP contribution in [0.15, 0.2) is 24.3 Å². The van der Waals surface area contributed by atoms with Gasteiger partial charge >= 0.3 is 6.09 Å². The minimum atomic E-state index is -0.735. The van der Waals surface area contributed by atoms with Gasteiger partial charge in [0.15, 0.2) is 5.82 Å². The molecule has 39 heavy (non-hydrogen) atoms. The van der Waals surface area contributed by atoms with E-state index in [0.29, 0.717) is 42.1 Å². The van der Waals surface area contributed by atoms with Crippen molar-refractivity contribution in [2.45, 2.75) is 97.8 Å². The van der Waals surface area contributed by atoms with Gasteiger partial charge in [-0.2, -0.15) is 5.10 Å². The molecule has 1 aromatic heterocycles. The molecule has 216 valence electrons. The zero-order chi connectivity index (χ0) is 28.6. The summed E-state index contributed by atoms with van der Waals surface area (Å²) in [5.74, 6) is 2.26. The fraction of sp³-hybridized carbons (Fsp3) is 0.633. The van der Waals surface area contributed by atoms with Crippen molar-refractivity contribution in [3.8, 4) is 22.8 Å². The first-order valence-electron chi connectivity index (χ1n) is 14.1. The second-order valence-electron chi connectivity index (χ2n) is 11.8. The lowest BCUT2D eigenvalue weighted by Gasteiger charge is -2.26. The molecule has 0 radical (unpaired) electrons. The van der Waals surface area contributed by atoms with Crippen molar-refractivity contribution in [3.63, 3.8) is 0 Å². The summed E-state index contributed by atoms with van der Waals surface area (Å²) >= 11 is 0. The molecule has 1 aliphatic rings. The van der Waals surface area contributed by atoms with Crippen LogP contribution in [-0.2, 0) is 16.1 Å². The molecule has 0 spiro atoms. The van der Waals surface area contributed by atoms with E-state index < -0.39 is 17.7 Å². The number of carbonyl (C=O) groups excluding carboxylic acids is 2. The molecule has 2 aromatic rings. The van der Waals surface area contributed by atoms with Crippen molar-refractivity contribution in [2.75, 3.05) is 19.5 Å². The molecule has 9 nitrogen and oxygen atoms in total. The lowest BCUT2D eigenvalue weighted by atomic mass is 9.85. The Hall–Kier alpha value is -3.23. The van der Waals surface area contributed by atoms with E-state index in [2.05, 4.69) is 24.5 Å². The van der Waals surface area contributed by atoms with Gasteiger partial charge in [0.2, 0.25) is 5.91 Å². The van der Waals surface area contributed by atoms with E-state index in [1.165, 1.54) is 32.1 Å². The Morgan fingerprint density at radius 2 is 1.72 bits per heavy atom. The number of alkyl carbamates (subject to hydrolysis) is 1. The first-order valence-corrected chi connectivity index (χ1v) is 14.1. The molecule has 1 fully saturated rings. The highest BCUT2D eigenvalue weighted by Crippen LogP contribution is 2.39. The Balaban J connectivity index is 1.87. The molecule has 1 aliphatic carbocycles. The standard InChI is InChI=1S/C30H46N4O5/c1-20(2)19-34-23(27-24(37-6)14-11-15-25(27)38-7)18-26(33-34)32-28(35)22(31-29(36)39-30(3,4)5)17-16-21-12-9-8-10-13-21/h11,14-15,18,20-22H,8-10,12-13,16-17,19H2,1-7H3,(H,31,36)(H,32,33,35)/t22-/m1/s1. The van der Waals surface area contributed by atoms with Gasteiger partial charge in [0, 0.05) is 12.6 Å². The van der Waals surface area contributed by atoms with Crippen molar-refractivity contribution in [1.82, 2.24) is 15.1 Å². The van der Waals surface area contributed by atoms with E-state index in [0.717, 1.165) is 17.7 Å². The molecule has 2 N–H and O–H groups in total. The molecule has 1 heterocycles. The zero-order valence-electron chi connectivity index (χ0n) is 24.6. The number of amides is 2. The van der Waals surface area contributed by atoms with E-state index in [-0.39, 0.29) is 5.91 Å². The third-order valence-corrected chi connectivity index (χ3v) is 6.85.